The van der Waals surface area contributed by atoms with Crippen molar-refractivity contribution in [3.8, 4) is 0 Å². The van der Waals surface area contributed by atoms with E-state index >= 15 is 0 Å². The molecule has 1 fully saturated rings. The van der Waals surface area contributed by atoms with E-state index in [1.165, 1.54) is 16.7 Å². The molecule has 1 unspecified atom stereocenters. The van der Waals surface area contributed by atoms with E-state index in [1.807, 2.05) is 0 Å². The number of nitrogens with one attached hydrogen (secondary N) is 2. The van der Waals surface area contributed by atoms with Crippen LogP contribution >= 0.6 is 0 Å². The van der Waals surface area contributed by atoms with Crippen molar-refractivity contribution in [2.75, 3.05) is 19.6 Å². The van der Waals surface area contributed by atoms with Crippen LogP contribution < -0.4 is 15.8 Å². The zero-order chi connectivity index (χ0) is 15.7. The van der Waals surface area contributed by atoms with Gasteiger partial charge in [-0.15, -0.1) is 0 Å². The summed E-state index contributed by atoms with van der Waals surface area (Å²) in [4.78, 5) is 11.6. The second-order valence-electron chi connectivity index (χ2n) is 5.62. The van der Waals surface area contributed by atoms with Crippen molar-refractivity contribution < 1.29 is 12.8 Å². The van der Waals surface area contributed by atoms with Gasteiger partial charge in [-0.2, -0.15) is 0 Å². The van der Waals surface area contributed by atoms with Crippen LogP contribution in [-0.4, -0.2) is 32.6 Å². The summed E-state index contributed by atoms with van der Waals surface area (Å²) in [7, 11) is -2.02. The molecule has 0 aliphatic carbocycles. The second kappa shape index (κ2) is 5.86. The monoisotopic (exact) mass is 325 g/mol. The Morgan fingerprint density at radius 1 is 1.45 bits per heavy atom. The van der Waals surface area contributed by atoms with E-state index in [0.717, 1.165) is 25.9 Å². The van der Waals surface area contributed by atoms with Crippen molar-refractivity contribution >= 4 is 21.1 Å². The van der Waals surface area contributed by atoms with Gasteiger partial charge in [-0.25, -0.2) is 17.9 Å². The molecule has 1 saturated heterocycles. The lowest BCUT2D eigenvalue weighted by atomic mass is 10.0. The molecule has 22 heavy (non-hydrogen) atoms. The summed E-state index contributed by atoms with van der Waals surface area (Å²) in [6, 6.07) is 4.45. The molecule has 0 spiro atoms. The van der Waals surface area contributed by atoms with Crippen molar-refractivity contribution in [2.24, 2.45) is 13.0 Å². The summed E-state index contributed by atoms with van der Waals surface area (Å²) in [6.07, 6.45) is 2.08. The molecule has 7 nitrogen and oxygen atoms in total. The highest BCUT2D eigenvalue weighted by atomic mass is 32.2. The molecule has 1 aromatic carbocycles. The number of fused-ring (bicyclic) bond motifs is 1. The average molecular weight is 325 g/mol. The van der Waals surface area contributed by atoms with Gasteiger partial charge in [-0.1, -0.05) is 0 Å². The molecule has 0 radical (unpaired) electrons. The summed E-state index contributed by atoms with van der Waals surface area (Å²) in [5.74, 6) is -0.201. The number of sulfonamides is 1. The second-order valence-corrected chi connectivity index (χ2v) is 7.39. The summed E-state index contributed by atoms with van der Waals surface area (Å²) in [6.45, 7) is 2.23. The molecule has 8 heteroatoms. The average Bonchev–Trinajstić information content (AvgIpc) is 2.81. The topological polar surface area (TPSA) is 93.3 Å². The summed E-state index contributed by atoms with van der Waals surface area (Å²) in [5.41, 5.74) is 0.843. The first-order chi connectivity index (χ1) is 10.5. The molecule has 0 bridgehead atoms. The molecule has 0 amide bonds. The Hall–Kier alpha value is -1.64. The molecular formula is C14H19N3O4S. The van der Waals surface area contributed by atoms with E-state index in [-0.39, 0.29) is 10.5 Å². The largest absolute Gasteiger partial charge is 0.419 e. The first kappa shape index (κ1) is 15.3. The summed E-state index contributed by atoms with van der Waals surface area (Å²) >= 11 is 0. The highest BCUT2D eigenvalue weighted by Crippen LogP contribution is 2.18. The van der Waals surface area contributed by atoms with E-state index < -0.39 is 15.8 Å². The minimum absolute atomic E-state index is 0.109. The number of aromatic nitrogens is 1. The molecule has 3 rings (SSSR count). The maximum atomic E-state index is 12.4. The Bertz CT molecular complexity index is 831. The van der Waals surface area contributed by atoms with Crippen LogP contribution in [0.4, 0.5) is 0 Å². The van der Waals surface area contributed by atoms with Crippen molar-refractivity contribution in [3.63, 3.8) is 0 Å². The molecule has 2 heterocycles. The van der Waals surface area contributed by atoms with Crippen LogP contribution in [-0.2, 0) is 17.1 Å². The van der Waals surface area contributed by atoms with E-state index in [4.69, 9.17) is 4.42 Å². The quantitative estimate of drug-likeness (QED) is 0.849. The van der Waals surface area contributed by atoms with E-state index in [0.29, 0.717) is 18.0 Å². The Labute approximate surface area is 128 Å². The van der Waals surface area contributed by atoms with Crippen LogP contribution in [0.2, 0.25) is 0 Å². The van der Waals surface area contributed by atoms with E-state index in [9.17, 15) is 13.2 Å². The number of hydrogen-bond donors (Lipinski definition) is 2. The molecule has 0 saturated carbocycles. The lowest BCUT2D eigenvalue weighted by Crippen LogP contribution is -2.38. The van der Waals surface area contributed by atoms with Gasteiger partial charge in [-0.3, -0.25) is 4.57 Å². The lowest BCUT2D eigenvalue weighted by Gasteiger charge is -2.22. The number of nitrogens with zero attached hydrogens (tertiary/aromatic N) is 1. The van der Waals surface area contributed by atoms with Gasteiger partial charge in [0.05, 0.1) is 10.4 Å². The van der Waals surface area contributed by atoms with E-state index in [1.54, 1.807) is 13.1 Å². The standard InChI is InChI=1S/C14H19N3O4S/c1-17-12-5-4-11(7-13(12)21-14(17)18)22(19,20)16-9-10-3-2-6-15-8-10/h4-5,7,10,15-16H,2-3,6,8-9H2,1H3. The summed E-state index contributed by atoms with van der Waals surface area (Å²) in [5, 5.41) is 3.26. The van der Waals surface area contributed by atoms with Crippen LogP contribution in [0.25, 0.3) is 11.1 Å². The first-order valence-corrected chi connectivity index (χ1v) is 8.75. The van der Waals surface area contributed by atoms with Gasteiger partial charge in [0, 0.05) is 19.7 Å². The van der Waals surface area contributed by atoms with Crippen LogP contribution in [0.5, 0.6) is 0 Å². The van der Waals surface area contributed by atoms with Crippen molar-refractivity contribution in [2.45, 2.75) is 17.7 Å². The Kier molecular flexibility index (Phi) is 4.07. The van der Waals surface area contributed by atoms with Gasteiger partial charge in [0.25, 0.3) is 0 Å². The molecule has 1 atom stereocenters. The minimum atomic E-state index is -3.60. The first-order valence-electron chi connectivity index (χ1n) is 7.27. The highest BCUT2D eigenvalue weighted by molar-refractivity contribution is 7.89. The smallest absolute Gasteiger partial charge is 0.408 e. The fourth-order valence-electron chi connectivity index (χ4n) is 2.69. The lowest BCUT2D eigenvalue weighted by molar-refractivity contribution is 0.376. The predicted octanol–water partition coefficient (Wildman–Crippen LogP) is 0.409. The normalized spacial score (nSPS) is 19.6. The third-order valence-electron chi connectivity index (χ3n) is 4.04. The van der Waals surface area contributed by atoms with Crippen LogP contribution in [0.15, 0.2) is 32.3 Å². The Morgan fingerprint density at radius 2 is 2.27 bits per heavy atom. The molecule has 1 aromatic heterocycles. The van der Waals surface area contributed by atoms with Crippen molar-refractivity contribution in [3.05, 3.63) is 28.7 Å². The molecule has 2 N–H and O–H groups in total. The molecular weight excluding hydrogens is 306 g/mol. The third kappa shape index (κ3) is 2.94. The summed E-state index contributed by atoms with van der Waals surface area (Å²) < 4.78 is 33.7. The molecule has 1 aliphatic rings. The van der Waals surface area contributed by atoms with E-state index in [2.05, 4.69) is 10.0 Å². The third-order valence-corrected chi connectivity index (χ3v) is 5.46. The van der Waals surface area contributed by atoms with Crippen LogP contribution in [0.3, 0.4) is 0 Å². The van der Waals surface area contributed by atoms with Crippen molar-refractivity contribution in [1.29, 1.82) is 0 Å². The van der Waals surface area contributed by atoms with Gasteiger partial charge in [0.2, 0.25) is 10.0 Å². The van der Waals surface area contributed by atoms with Gasteiger partial charge in [0.1, 0.15) is 0 Å². The molecule has 120 valence electrons. The molecule has 2 aromatic rings. The van der Waals surface area contributed by atoms with Gasteiger partial charge in [0.15, 0.2) is 5.58 Å². The Morgan fingerprint density at radius 3 is 3.00 bits per heavy atom. The van der Waals surface area contributed by atoms with Gasteiger partial charge in [-0.05, 0) is 44.0 Å². The van der Waals surface area contributed by atoms with Gasteiger partial charge >= 0.3 is 5.76 Å². The van der Waals surface area contributed by atoms with Crippen LogP contribution in [0.1, 0.15) is 12.8 Å². The number of aryl methyl sites for hydroxylation is 1. The van der Waals surface area contributed by atoms with Crippen LogP contribution in [0, 0.1) is 5.92 Å². The zero-order valence-corrected chi connectivity index (χ0v) is 13.1. The van der Waals surface area contributed by atoms with Crippen molar-refractivity contribution in [1.82, 2.24) is 14.6 Å². The molecule has 1 aliphatic heterocycles. The highest BCUT2D eigenvalue weighted by Gasteiger charge is 2.20. The minimum Gasteiger partial charge on any atom is -0.408 e. The number of piperidine rings is 1. The number of hydrogen-bond acceptors (Lipinski definition) is 5. The fraction of sp³-hybridized carbons (Fsp3) is 0.500. The SMILES string of the molecule is Cn1c(=O)oc2cc(S(=O)(=O)NCC3CCCNC3)ccc21. The zero-order valence-electron chi connectivity index (χ0n) is 12.3. The number of oxazole rings is 1. The predicted molar refractivity (Wildman–Crippen MR) is 82.2 cm³/mol. The maximum absolute atomic E-state index is 12.4. The van der Waals surface area contributed by atoms with Gasteiger partial charge < -0.3 is 9.73 Å². The maximum Gasteiger partial charge on any atom is 0.419 e. The Balaban J connectivity index is 1.80. The number of rotatable bonds is 4. The fourth-order valence-corrected chi connectivity index (χ4v) is 3.82. The number of benzene rings is 1.